The normalized spacial score (nSPS) is 12.0. The van der Waals surface area contributed by atoms with Gasteiger partial charge in [0.2, 0.25) is 5.91 Å². The zero-order valence-corrected chi connectivity index (χ0v) is 15.2. The number of carbonyl (C=O) groups excluding carboxylic acids is 1. The lowest BCUT2D eigenvalue weighted by Crippen LogP contribution is -2.48. The quantitative estimate of drug-likeness (QED) is 0.323. The minimum Gasteiger partial charge on any atom is -0.391 e. The van der Waals surface area contributed by atoms with Gasteiger partial charge in [0.25, 0.3) is 0 Å². The Morgan fingerprint density at radius 3 is 2.36 bits per heavy atom. The van der Waals surface area contributed by atoms with Crippen molar-refractivity contribution in [2.24, 2.45) is 0 Å². The van der Waals surface area contributed by atoms with Gasteiger partial charge in [-0.05, 0) is 32.6 Å². The number of aliphatic hydroxyl groups excluding tert-OH is 1. The van der Waals surface area contributed by atoms with Crippen molar-refractivity contribution < 1.29 is 14.4 Å². The summed E-state index contributed by atoms with van der Waals surface area (Å²) in [6.45, 7) is 7.59. The zero-order valence-electron chi connectivity index (χ0n) is 15.2. The van der Waals surface area contributed by atoms with Gasteiger partial charge in [-0.3, -0.25) is 4.79 Å². The fourth-order valence-electron chi connectivity index (χ4n) is 2.33. The van der Waals surface area contributed by atoms with E-state index < -0.39 is 0 Å². The van der Waals surface area contributed by atoms with Gasteiger partial charge in [-0.25, -0.2) is 0 Å². The van der Waals surface area contributed by atoms with E-state index in [1.54, 1.807) is 0 Å². The van der Waals surface area contributed by atoms with E-state index in [1.165, 1.54) is 6.42 Å². The van der Waals surface area contributed by atoms with E-state index in [0.717, 1.165) is 56.3 Å². The minimum absolute atomic E-state index is 0.193. The van der Waals surface area contributed by atoms with E-state index in [1.807, 2.05) is 11.8 Å². The van der Waals surface area contributed by atoms with Crippen molar-refractivity contribution in [3.8, 4) is 0 Å². The number of rotatable bonds is 13. The molecule has 1 N–H and O–H groups in total. The van der Waals surface area contributed by atoms with E-state index in [2.05, 4.69) is 33.2 Å². The Morgan fingerprint density at radius 2 is 1.77 bits per heavy atom. The van der Waals surface area contributed by atoms with Crippen LogP contribution in [0.25, 0.3) is 0 Å². The lowest BCUT2D eigenvalue weighted by molar-refractivity contribution is -0.890. The van der Waals surface area contributed by atoms with Crippen LogP contribution >= 0.6 is 0 Å². The van der Waals surface area contributed by atoms with Crippen LogP contribution in [0.1, 0.15) is 52.4 Å². The molecule has 0 spiro atoms. The molecule has 0 aliphatic carbocycles. The molecule has 0 atom stereocenters. The van der Waals surface area contributed by atoms with Crippen LogP contribution in [0.15, 0.2) is 12.2 Å². The highest BCUT2D eigenvalue weighted by Gasteiger charge is 2.18. The molecule has 0 aromatic rings. The zero-order chi connectivity index (χ0) is 16.8. The van der Waals surface area contributed by atoms with Gasteiger partial charge in [0.1, 0.15) is 6.54 Å². The SMILES string of the molecule is CCC/C=C/CCCCC(=O)N(CC)CC[N+](C)(C)CCO. The molecular formula is C18H37N2O2+. The van der Waals surface area contributed by atoms with Crippen molar-refractivity contribution >= 4 is 5.91 Å². The maximum absolute atomic E-state index is 12.2. The number of quaternary nitrogens is 1. The van der Waals surface area contributed by atoms with E-state index in [-0.39, 0.29) is 12.5 Å². The monoisotopic (exact) mass is 313 g/mol. The van der Waals surface area contributed by atoms with Gasteiger partial charge in [-0.1, -0.05) is 25.5 Å². The third-order valence-electron chi connectivity index (χ3n) is 4.05. The molecule has 4 heteroatoms. The lowest BCUT2D eigenvalue weighted by Gasteiger charge is -2.32. The molecule has 0 radical (unpaired) electrons. The van der Waals surface area contributed by atoms with Crippen molar-refractivity contribution in [2.45, 2.75) is 52.4 Å². The first kappa shape index (κ1) is 21.1. The Kier molecular flexibility index (Phi) is 12.2. The number of aliphatic hydroxyl groups is 1. The summed E-state index contributed by atoms with van der Waals surface area (Å²) in [4.78, 5) is 14.2. The second kappa shape index (κ2) is 12.7. The first-order chi connectivity index (χ1) is 10.5. The number of allylic oxidation sites excluding steroid dienone is 2. The van der Waals surface area contributed by atoms with Crippen LogP contribution < -0.4 is 0 Å². The summed E-state index contributed by atoms with van der Waals surface area (Å²) >= 11 is 0. The number of carbonyl (C=O) groups is 1. The molecule has 22 heavy (non-hydrogen) atoms. The molecule has 0 aliphatic rings. The fraction of sp³-hybridized carbons (Fsp3) is 0.833. The topological polar surface area (TPSA) is 40.5 Å². The number of amides is 1. The average molecular weight is 314 g/mol. The summed E-state index contributed by atoms with van der Waals surface area (Å²) in [7, 11) is 4.19. The van der Waals surface area contributed by atoms with E-state index in [9.17, 15) is 4.79 Å². The van der Waals surface area contributed by atoms with Crippen LogP contribution in [0, 0.1) is 0 Å². The van der Waals surface area contributed by atoms with Crippen LogP contribution in [0.3, 0.4) is 0 Å². The van der Waals surface area contributed by atoms with Gasteiger partial charge in [0.15, 0.2) is 0 Å². The lowest BCUT2D eigenvalue weighted by atomic mass is 10.1. The molecule has 0 rings (SSSR count). The number of likely N-dealkylation sites (N-methyl/N-ethyl adjacent to an activating group) is 2. The summed E-state index contributed by atoms with van der Waals surface area (Å²) in [5.74, 6) is 0.268. The van der Waals surface area contributed by atoms with Crippen molar-refractivity contribution in [3.05, 3.63) is 12.2 Å². The molecule has 0 fully saturated rings. The summed E-state index contributed by atoms with van der Waals surface area (Å²) in [6.07, 6.45) is 10.6. The Labute approximate surface area is 137 Å². The first-order valence-electron chi connectivity index (χ1n) is 8.82. The molecule has 0 aromatic heterocycles. The molecule has 0 aromatic carbocycles. The van der Waals surface area contributed by atoms with Gasteiger partial charge < -0.3 is 14.5 Å². The molecule has 130 valence electrons. The first-order valence-corrected chi connectivity index (χ1v) is 8.82. The minimum atomic E-state index is 0.193. The Hall–Kier alpha value is -0.870. The smallest absolute Gasteiger partial charge is 0.222 e. The predicted octanol–water partition coefficient (Wildman–Crippen LogP) is 2.82. The third-order valence-corrected chi connectivity index (χ3v) is 4.05. The molecular weight excluding hydrogens is 276 g/mol. The molecule has 0 saturated carbocycles. The predicted molar refractivity (Wildman–Crippen MR) is 93.7 cm³/mol. The van der Waals surface area contributed by atoms with E-state index in [0.29, 0.717) is 6.42 Å². The Bertz CT molecular complexity index is 314. The standard InChI is InChI=1S/C18H37N2O2/c1-5-7-8-9-10-11-12-13-18(22)19(6-2)14-15-20(3,4)16-17-21/h8-9,21H,5-7,10-17H2,1-4H3/q+1/b9-8+. The van der Waals surface area contributed by atoms with Gasteiger partial charge >= 0.3 is 0 Å². The average Bonchev–Trinajstić information content (AvgIpc) is 2.46. The molecule has 0 saturated heterocycles. The van der Waals surface area contributed by atoms with Crippen molar-refractivity contribution in [1.82, 2.24) is 4.90 Å². The molecule has 4 nitrogen and oxygen atoms in total. The van der Waals surface area contributed by atoms with Crippen LogP contribution in [0.4, 0.5) is 0 Å². The van der Waals surface area contributed by atoms with Crippen molar-refractivity contribution in [2.75, 3.05) is 46.9 Å². The number of hydrogen-bond acceptors (Lipinski definition) is 2. The summed E-state index contributed by atoms with van der Waals surface area (Å²) < 4.78 is 0.752. The van der Waals surface area contributed by atoms with E-state index in [4.69, 9.17) is 5.11 Å². The van der Waals surface area contributed by atoms with Crippen LogP contribution in [-0.2, 0) is 4.79 Å². The Morgan fingerprint density at radius 1 is 1.09 bits per heavy atom. The van der Waals surface area contributed by atoms with Crippen LogP contribution in [-0.4, -0.2) is 67.3 Å². The summed E-state index contributed by atoms with van der Waals surface area (Å²) in [5, 5.41) is 9.05. The second-order valence-corrected chi connectivity index (χ2v) is 6.59. The van der Waals surface area contributed by atoms with Crippen molar-refractivity contribution in [1.29, 1.82) is 0 Å². The third kappa shape index (κ3) is 10.8. The van der Waals surface area contributed by atoms with Gasteiger partial charge in [-0.15, -0.1) is 0 Å². The van der Waals surface area contributed by atoms with Crippen molar-refractivity contribution in [3.63, 3.8) is 0 Å². The largest absolute Gasteiger partial charge is 0.391 e. The number of unbranched alkanes of at least 4 members (excludes halogenated alkanes) is 3. The number of hydrogen-bond donors (Lipinski definition) is 1. The highest BCUT2D eigenvalue weighted by atomic mass is 16.3. The van der Waals surface area contributed by atoms with Crippen LogP contribution in [0.2, 0.25) is 0 Å². The summed E-state index contributed by atoms with van der Waals surface area (Å²) in [5.41, 5.74) is 0. The second-order valence-electron chi connectivity index (χ2n) is 6.59. The molecule has 0 aliphatic heterocycles. The maximum atomic E-state index is 12.2. The highest BCUT2D eigenvalue weighted by molar-refractivity contribution is 5.76. The maximum Gasteiger partial charge on any atom is 0.222 e. The molecule has 0 bridgehead atoms. The Balaban J connectivity index is 3.95. The van der Waals surface area contributed by atoms with E-state index >= 15 is 0 Å². The molecule has 1 amide bonds. The highest BCUT2D eigenvalue weighted by Crippen LogP contribution is 2.06. The molecule has 0 heterocycles. The summed E-state index contributed by atoms with van der Waals surface area (Å²) in [6, 6.07) is 0. The molecule has 0 unspecified atom stereocenters. The number of nitrogens with zero attached hydrogens (tertiary/aromatic N) is 2. The van der Waals surface area contributed by atoms with Gasteiger partial charge in [0, 0.05) is 13.0 Å². The van der Waals surface area contributed by atoms with Gasteiger partial charge in [-0.2, -0.15) is 0 Å². The van der Waals surface area contributed by atoms with Crippen LogP contribution in [0.5, 0.6) is 0 Å². The van der Waals surface area contributed by atoms with Gasteiger partial charge in [0.05, 0.1) is 33.8 Å². The fourth-order valence-corrected chi connectivity index (χ4v) is 2.33.